The molecule has 4 aliphatic rings. The lowest BCUT2D eigenvalue weighted by Crippen LogP contribution is -2.61. The van der Waals surface area contributed by atoms with Crippen molar-refractivity contribution in [3.63, 3.8) is 0 Å². The van der Waals surface area contributed by atoms with Crippen molar-refractivity contribution >= 4 is 74.1 Å². The summed E-state index contributed by atoms with van der Waals surface area (Å²) in [5, 5.41) is 24.0. The zero-order valence-corrected chi connectivity index (χ0v) is 43.9. The summed E-state index contributed by atoms with van der Waals surface area (Å²) in [6, 6.07) is 20.2. The van der Waals surface area contributed by atoms with E-state index in [2.05, 4.69) is 9.80 Å². The van der Waals surface area contributed by atoms with Crippen LogP contribution < -0.4 is 9.80 Å². The lowest BCUT2D eigenvalue weighted by Gasteiger charge is -2.45. The second-order valence-corrected chi connectivity index (χ2v) is 28.6. The van der Waals surface area contributed by atoms with E-state index in [0.717, 1.165) is 22.5 Å². The van der Waals surface area contributed by atoms with E-state index in [0.29, 0.717) is 39.5 Å². The molecule has 18 nitrogen and oxygen atoms in total. The third-order valence-electron chi connectivity index (χ3n) is 12.6. The Kier molecular flexibility index (Phi) is 16.0. The fourth-order valence-electron chi connectivity index (χ4n) is 8.58. The first-order chi connectivity index (χ1) is 31.7. The van der Waals surface area contributed by atoms with Crippen LogP contribution in [0.5, 0.6) is 0 Å². The molecule has 2 N–H and O–H groups in total. The van der Waals surface area contributed by atoms with Gasteiger partial charge in [-0.3, -0.25) is 0 Å². The Bertz CT molecular complexity index is 2570. The van der Waals surface area contributed by atoms with Crippen LogP contribution >= 0.6 is 22.7 Å². The third kappa shape index (κ3) is 12.1. The fraction of sp³-hybridized carbons (Fsp3) is 0.545. The van der Waals surface area contributed by atoms with Gasteiger partial charge in [-0.25, -0.2) is 33.7 Å². The van der Waals surface area contributed by atoms with Crippen LogP contribution in [-0.2, 0) is 60.8 Å². The van der Waals surface area contributed by atoms with Crippen LogP contribution in [0.15, 0.2) is 92.0 Å². The molecular formula is C44H62N6O12S6. The minimum absolute atomic E-state index is 0.149. The summed E-state index contributed by atoms with van der Waals surface area (Å²) >= 11 is 2.34. The zero-order chi connectivity index (χ0) is 49.5. The van der Waals surface area contributed by atoms with E-state index in [4.69, 9.17) is 9.47 Å². The minimum Gasteiger partial charge on any atom is -0.386 e. The largest absolute Gasteiger partial charge is 0.386 e. The molecule has 4 aliphatic heterocycles. The van der Waals surface area contributed by atoms with E-state index < -0.39 is 63.4 Å². The molecule has 2 aromatic carbocycles. The second kappa shape index (κ2) is 20.6. The maximum atomic E-state index is 13.2. The van der Waals surface area contributed by atoms with Crippen molar-refractivity contribution < 1.29 is 53.4 Å². The Labute approximate surface area is 409 Å². The van der Waals surface area contributed by atoms with Crippen molar-refractivity contribution in [2.24, 2.45) is 0 Å². The van der Waals surface area contributed by atoms with Crippen molar-refractivity contribution in [3.8, 4) is 0 Å². The minimum atomic E-state index is -3.67. The number of anilines is 2. The Hall–Kier alpha value is -3.08. The zero-order valence-electron chi connectivity index (χ0n) is 39.0. The van der Waals surface area contributed by atoms with Crippen LogP contribution in [0.2, 0.25) is 0 Å². The number of sulfonamides is 4. The molecule has 0 amide bonds. The number of aliphatic hydroxyl groups is 2. The molecule has 0 bridgehead atoms. The first-order valence-electron chi connectivity index (χ1n) is 22.1. The van der Waals surface area contributed by atoms with Crippen molar-refractivity contribution in [1.29, 1.82) is 0 Å². The van der Waals surface area contributed by atoms with Crippen LogP contribution in [0.4, 0.5) is 11.4 Å². The third-order valence-corrected chi connectivity index (χ3v) is 21.6. The van der Waals surface area contributed by atoms with Crippen LogP contribution in [0.1, 0.15) is 38.8 Å². The Morgan fingerprint density at radius 2 is 0.897 bits per heavy atom. The summed E-state index contributed by atoms with van der Waals surface area (Å²) in [7, 11) is -14.4. The van der Waals surface area contributed by atoms with Gasteiger partial charge in [0, 0.05) is 63.7 Å². The summed E-state index contributed by atoms with van der Waals surface area (Å²) < 4.78 is 120. The molecule has 8 rings (SSSR count). The predicted octanol–water partition coefficient (Wildman–Crippen LogP) is 3.03. The standard InChI is InChI=1S/2C22H31N3O6S3/c2*1-22(2,26)17-6-8-18(9-7-17)24-11-10-23(34(29,30)21-5-4-12-32-21)13-19(24)14-25(33(3,27)28)20-15-31-16-20/h2*4-9,12,19-20,26H,10-11,13-16H2,1-3H3/t2*19-/m11/s1. The molecule has 68 heavy (non-hydrogen) atoms. The lowest BCUT2D eigenvalue weighted by molar-refractivity contribution is -0.0382. The van der Waals surface area contributed by atoms with E-state index in [-0.39, 0.29) is 59.8 Å². The van der Waals surface area contributed by atoms with Crippen LogP contribution in [-0.4, -0.2) is 177 Å². The molecule has 0 spiro atoms. The molecular weight excluding hydrogens is 997 g/mol. The van der Waals surface area contributed by atoms with E-state index >= 15 is 0 Å². The van der Waals surface area contributed by atoms with Crippen LogP contribution in [0.3, 0.4) is 0 Å². The molecule has 4 aromatic rings. The van der Waals surface area contributed by atoms with Crippen molar-refractivity contribution in [2.45, 2.75) is 71.5 Å². The molecule has 4 fully saturated rings. The predicted molar refractivity (Wildman–Crippen MR) is 264 cm³/mol. The number of hydrogen-bond acceptors (Lipinski definition) is 16. The van der Waals surface area contributed by atoms with Crippen molar-refractivity contribution in [2.75, 3.05) is 101 Å². The van der Waals surface area contributed by atoms with Gasteiger partial charge in [-0.1, -0.05) is 36.4 Å². The van der Waals surface area contributed by atoms with Gasteiger partial charge >= 0.3 is 0 Å². The quantitative estimate of drug-likeness (QED) is 0.165. The summed E-state index contributed by atoms with van der Waals surface area (Å²) in [6.07, 6.45) is 2.35. The van der Waals surface area contributed by atoms with Gasteiger partial charge in [0.25, 0.3) is 20.0 Å². The van der Waals surface area contributed by atoms with Gasteiger partial charge in [-0.2, -0.15) is 17.2 Å². The summed E-state index contributed by atoms with van der Waals surface area (Å²) in [4.78, 5) is 4.12. The molecule has 0 saturated carbocycles. The average Bonchev–Trinajstić information content (AvgIpc) is 3.98. The van der Waals surface area contributed by atoms with Gasteiger partial charge in [0.1, 0.15) is 8.42 Å². The van der Waals surface area contributed by atoms with E-state index in [9.17, 15) is 43.9 Å². The lowest BCUT2D eigenvalue weighted by atomic mass is 9.98. The van der Waals surface area contributed by atoms with Gasteiger partial charge in [0.2, 0.25) is 20.0 Å². The molecule has 0 radical (unpaired) electrons. The monoisotopic (exact) mass is 1060 g/mol. The molecule has 6 heterocycles. The number of hydrogen-bond donors (Lipinski definition) is 2. The first-order valence-corrected chi connectivity index (χ1v) is 30.4. The summed E-state index contributed by atoms with van der Waals surface area (Å²) in [5.41, 5.74) is 1.26. The van der Waals surface area contributed by atoms with E-state index in [1.165, 1.54) is 52.4 Å². The van der Waals surface area contributed by atoms with Gasteiger partial charge in [-0.05, 0) is 86.0 Å². The van der Waals surface area contributed by atoms with Gasteiger partial charge < -0.3 is 29.5 Å². The number of benzene rings is 2. The molecule has 4 saturated heterocycles. The number of ether oxygens (including phenoxy) is 2. The molecule has 2 aromatic heterocycles. The van der Waals surface area contributed by atoms with Gasteiger partial charge in [0.05, 0.1) is 74.3 Å². The Morgan fingerprint density at radius 1 is 0.559 bits per heavy atom. The highest BCUT2D eigenvalue weighted by atomic mass is 32.3. The first kappa shape index (κ1) is 52.7. The molecule has 24 heteroatoms. The van der Waals surface area contributed by atoms with Crippen molar-refractivity contribution in [3.05, 3.63) is 94.7 Å². The maximum Gasteiger partial charge on any atom is 0.252 e. The van der Waals surface area contributed by atoms with Crippen LogP contribution in [0.25, 0.3) is 0 Å². The number of nitrogens with zero attached hydrogens (tertiary/aromatic N) is 6. The summed E-state index contributed by atoms with van der Waals surface area (Å²) in [5.74, 6) is 0. The molecule has 376 valence electrons. The topological polar surface area (TPSA) is 215 Å². The number of piperazine rings is 2. The second-order valence-electron chi connectivity index (χ2n) is 18.5. The molecule has 2 atom stereocenters. The highest BCUT2D eigenvalue weighted by Gasteiger charge is 2.42. The van der Waals surface area contributed by atoms with Gasteiger partial charge in [-0.15, -0.1) is 22.7 Å². The summed E-state index contributed by atoms with van der Waals surface area (Å²) in [6.45, 7) is 10.2. The number of thiophene rings is 2. The smallest absolute Gasteiger partial charge is 0.252 e. The number of rotatable bonds is 16. The van der Waals surface area contributed by atoms with Crippen LogP contribution in [0, 0.1) is 0 Å². The maximum absolute atomic E-state index is 13.2. The molecule has 0 aliphatic carbocycles. The van der Waals surface area contributed by atoms with E-state index in [1.807, 2.05) is 48.5 Å². The highest BCUT2D eigenvalue weighted by molar-refractivity contribution is 7.91. The SMILES string of the molecule is CC(C)(O)c1ccc(N2CCN(S(=O)(=O)c3cccs3)C[C@@H]2CN(C2COC2)S(C)(=O)=O)cc1.CC(C)(O)c1ccc(N2CCN(S(=O)(=O)c3cccs3)C[C@@H]2CN(C2COC2)S(C)(=O)=O)cc1. The van der Waals surface area contributed by atoms with Gasteiger partial charge in [0.15, 0.2) is 0 Å². The van der Waals surface area contributed by atoms with Crippen molar-refractivity contribution in [1.82, 2.24) is 17.2 Å². The van der Waals surface area contributed by atoms with E-state index in [1.54, 1.807) is 62.7 Å². The highest BCUT2D eigenvalue weighted by Crippen LogP contribution is 2.32. The molecule has 0 unspecified atom stereocenters. The normalized spacial score (nSPS) is 21.1. The Balaban J connectivity index is 0.000000201. The Morgan fingerprint density at radius 3 is 1.15 bits per heavy atom. The fourth-order valence-corrected chi connectivity index (χ4v) is 16.0. The average molecular weight is 1060 g/mol.